The number of hydrogen-bond acceptors (Lipinski definition) is 6. The standard InChI is InChI=1S/C33H44N4O4/c1-21-31(5,6)19-33(9,20-32(21,7)8)40-24-14-15-25(34-18-24)26(38)16-22-10-12-23(13-11-22)35-29(39)36-28-17-27(41-37-28)30(2,3)4/h10-15,17-18,21H,16,19-20H2,1-9H3,(H2,35,36,37,39). The lowest BCUT2D eigenvalue weighted by molar-refractivity contribution is -0.0945. The van der Waals surface area contributed by atoms with E-state index < -0.39 is 6.03 Å². The average Bonchev–Trinajstić information content (AvgIpc) is 3.32. The van der Waals surface area contributed by atoms with Gasteiger partial charge in [-0.15, -0.1) is 0 Å². The highest BCUT2D eigenvalue weighted by Gasteiger charge is 2.51. The highest BCUT2D eigenvalue weighted by Crippen LogP contribution is 2.55. The zero-order valence-corrected chi connectivity index (χ0v) is 25.8. The molecule has 4 rings (SSSR count). The lowest BCUT2D eigenvalue weighted by Gasteiger charge is -2.54. The quantitative estimate of drug-likeness (QED) is 0.283. The molecule has 0 spiro atoms. The molecule has 2 N–H and O–H groups in total. The van der Waals surface area contributed by atoms with Gasteiger partial charge in [-0.1, -0.05) is 72.7 Å². The van der Waals surface area contributed by atoms with Gasteiger partial charge in [0, 0.05) is 23.6 Å². The maximum absolute atomic E-state index is 12.9. The summed E-state index contributed by atoms with van der Waals surface area (Å²) in [6.45, 7) is 19.8. The highest BCUT2D eigenvalue weighted by molar-refractivity contribution is 5.99. The number of nitrogens with one attached hydrogen (secondary N) is 2. The second-order valence-electron chi connectivity index (χ2n) is 14.2. The van der Waals surface area contributed by atoms with E-state index in [0.29, 0.717) is 34.6 Å². The van der Waals surface area contributed by atoms with Gasteiger partial charge in [0.1, 0.15) is 22.8 Å². The summed E-state index contributed by atoms with van der Waals surface area (Å²) in [6, 6.07) is 12.0. The van der Waals surface area contributed by atoms with Crippen molar-refractivity contribution in [3.8, 4) is 5.75 Å². The summed E-state index contributed by atoms with van der Waals surface area (Å²) in [4.78, 5) is 29.7. The number of carbonyl (C=O) groups excluding carboxylic acids is 2. The smallest absolute Gasteiger partial charge is 0.324 e. The van der Waals surface area contributed by atoms with E-state index in [0.717, 1.165) is 18.4 Å². The maximum Gasteiger partial charge on any atom is 0.324 e. The van der Waals surface area contributed by atoms with Crippen LogP contribution < -0.4 is 15.4 Å². The largest absolute Gasteiger partial charge is 0.486 e. The fourth-order valence-electron chi connectivity index (χ4n) is 6.26. The van der Waals surface area contributed by atoms with Gasteiger partial charge in [-0.3, -0.25) is 10.1 Å². The van der Waals surface area contributed by atoms with E-state index in [1.54, 1.807) is 30.5 Å². The molecule has 1 aliphatic carbocycles. The van der Waals surface area contributed by atoms with Crippen LogP contribution >= 0.6 is 0 Å². The molecule has 2 amide bonds. The van der Waals surface area contributed by atoms with Crippen molar-refractivity contribution in [2.24, 2.45) is 16.7 Å². The normalized spacial score (nSPS) is 21.6. The molecule has 0 saturated heterocycles. The van der Waals surface area contributed by atoms with Gasteiger partial charge in [0.15, 0.2) is 11.6 Å². The number of hydrogen-bond donors (Lipinski definition) is 2. The van der Waals surface area contributed by atoms with Gasteiger partial charge in [-0.25, -0.2) is 9.78 Å². The van der Waals surface area contributed by atoms with E-state index in [2.05, 4.69) is 62.3 Å². The van der Waals surface area contributed by atoms with E-state index in [-0.39, 0.29) is 34.1 Å². The number of urea groups is 1. The Morgan fingerprint density at radius 1 is 0.976 bits per heavy atom. The fraction of sp³-hybridized carbons (Fsp3) is 0.515. The monoisotopic (exact) mass is 560 g/mol. The van der Waals surface area contributed by atoms with Gasteiger partial charge in [-0.05, 0) is 66.3 Å². The number of ether oxygens (including phenoxy) is 1. The van der Waals surface area contributed by atoms with Crippen molar-refractivity contribution < 1.29 is 18.8 Å². The lowest BCUT2D eigenvalue weighted by Crippen LogP contribution is -2.52. The van der Waals surface area contributed by atoms with Gasteiger partial charge >= 0.3 is 6.03 Å². The summed E-state index contributed by atoms with van der Waals surface area (Å²) < 4.78 is 11.8. The van der Waals surface area contributed by atoms with Crippen molar-refractivity contribution in [3.05, 3.63) is 65.7 Å². The molecule has 8 heteroatoms. The summed E-state index contributed by atoms with van der Waals surface area (Å²) in [5.74, 6) is 2.19. The molecule has 0 bridgehead atoms. The van der Waals surface area contributed by atoms with Crippen LogP contribution in [0.15, 0.2) is 53.2 Å². The Labute approximate surface area is 243 Å². The van der Waals surface area contributed by atoms with E-state index >= 15 is 0 Å². The molecule has 1 saturated carbocycles. The Morgan fingerprint density at radius 3 is 2.15 bits per heavy atom. The van der Waals surface area contributed by atoms with Crippen LogP contribution in [0.1, 0.15) is 97.0 Å². The van der Waals surface area contributed by atoms with Gasteiger partial charge in [0.05, 0.1) is 6.20 Å². The molecule has 0 radical (unpaired) electrons. The molecule has 1 fully saturated rings. The lowest BCUT2D eigenvalue weighted by atomic mass is 9.54. The molecule has 8 nitrogen and oxygen atoms in total. The third-order valence-corrected chi connectivity index (χ3v) is 8.46. The first-order valence-corrected chi connectivity index (χ1v) is 14.3. The minimum Gasteiger partial charge on any atom is -0.486 e. The topological polar surface area (TPSA) is 106 Å². The number of amides is 2. The summed E-state index contributed by atoms with van der Waals surface area (Å²) >= 11 is 0. The number of ketones is 1. The summed E-state index contributed by atoms with van der Waals surface area (Å²) in [7, 11) is 0. The molecule has 1 aliphatic rings. The summed E-state index contributed by atoms with van der Waals surface area (Å²) in [5, 5.41) is 9.32. The molecular formula is C33H44N4O4. The van der Waals surface area contributed by atoms with E-state index in [4.69, 9.17) is 9.26 Å². The number of Topliss-reactive ketones (excluding diaryl/α,β-unsaturated/α-hetero) is 1. The number of aromatic nitrogens is 2. The van der Waals surface area contributed by atoms with Crippen LogP contribution in [0.5, 0.6) is 5.75 Å². The number of nitrogens with zero attached hydrogens (tertiary/aromatic N) is 2. The second-order valence-corrected chi connectivity index (χ2v) is 14.2. The Kier molecular flexibility index (Phi) is 8.09. The first-order chi connectivity index (χ1) is 19.0. The number of rotatable bonds is 7. The number of anilines is 2. The van der Waals surface area contributed by atoms with Crippen LogP contribution in [0, 0.1) is 16.7 Å². The summed E-state index contributed by atoms with van der Waals surface area (Å²) in [5.41, 5.74) is 1.61. The Hall–Kier alpha value is -3.68. The van der Waals surface area contributed by atoms with Gasteiger partial charge < -0.3 is 14.6 Å². The van der Waals surface area contributed by atoms with Crippen LogP contribution in [0.4, 0.5) is 16.3 Å². The molecular weight excluding hydrogens is 516 g/mol. The van der Waals surface area contributed by atoms with Crippen LogP contribution in [0.2, 0.25) is 0 Å². The molecule has 2 heterocycles. The molecule has 41 heavy (non-hydrogen) atoms. The second kappa shape index (κ2) is 11.0. The molecule has 2 aromatic heterocycles. The van der Waals surface area contributed by atoms with E-state index in [9.17, 15) is 9.59 Å². The fourth-order valence-corrected chi connectivity index (χ4v) is 6.26. The zero-order chi connectivity index (χ0) is 30.2. The number of benzene rings is 1. The van der Waals surface area contributed by atoms with Crippen molar-refractivity contribution in [3.63, 3.8) is 0 Å². The molecule has 220 valence electrons. The minimum absolute atomic E-state index is 0.0874. The average molecular weight is 561 g/mol. The number of pyridine rings is 1. The third kappa shape index (κ3) is 7.34. The SMILES string of the molecule is CC1C(C)(C)CC(C)(Oc2ccc(C(=O)Cc3ccc(NC(=O)Nc4cc(C(C)(C)C)on4)cc3)nc2)CC1(C)C. The first-order valence-electron chi connectivity index (χ1n) is 14.3. The Morgan fingerprint density at radius 2 is 1.61 bits per heavy atom. The molecule has 0 aliphatic heterocycles. The van der Waals surface area contributed by atoms with Gasteiger partial charge in [0.2, 0.25) is 0 Å². The number of carbonyl (C=O) groups is 2. The van der Waals surface area contributed by atoms with Crippen LogP contribution in [0.25, 0.3) is 0 Å². The van der Waals surface area contributed by atoms with Gasteiger partial charge in [-0.2, -0.15) is 0 Å². The van der Waals surface area contributed by atoms with E-state index in [1.165, 1.54) is 0 Å². The van der Waals surface area contributed by atoms with Crippen molar-refractivity contribution in [2.75, 3.05) is 10.6 Å². The molecule has 0 atom stereocenters. The van der Waals surface area contributed by atoms with Crippen LogP contribution in [0.3, 0.4) is 0 Å². The van der Waals surface area contributed by atoms with Crippen molar-refractivity contribution in [1.82, 2.24) is 10.1 Å². The highest BCUT2D eigenvalue weighted by atomic mass is 16.5. The zero-order valence-electron chi connectivity index (χ0n) is 25.8. The minimum atomic E-state index is -0.433. The summed E-state index contributed by atoms with van der Waals surface area (Å²) in [6.07, 6.45) is 3.76. The van der Waals surface area contributed by atoms with Crippen molar-refractivity contribution >= 4 is 23.3 Å². The maximum atomic E-state index is 12.9. The van der Waals surface area contributed by atoms with Crippen LogP contribution in [-0.2, 0) is 11.8 Å². The van der Waals surface area contributed by atoms with Gasteiger partial charge in [0.25, 0.3) is 0 Å². The van der Waals surface area contributed by atoms with Crippen molar-refractivity contribution in [1.29, 1.82) is 0 Å². The van der Waals surface area contributed by atoms with Crippen LogP contribution in [-0.4, -0.2) is 27.6 Å². The Balaban J connectivity index is 1.31. The predicted molar refractivity (Wildman–Crippen MR) is 162 cm³/mol. The molecule has 1 aromatic carbocycles. The van der Waals surface area contributed by atoms with E-state index in [1.807, 2.05) is 39.0 Å². The predicted octanol–water partition coefficient (Wildman–Crippen LogP) is 8.06. The molecule has 0 unspecified atom stereocenters. The molecule has 3 aromatic rings. The third-order valence-electron chi connectivity index (χ3n) is 8.46. The first kappa shape index (κ1) is 30.3. The Bertz CT molecular complexity index is 1360. The van der Waals surface area contributed by atoms with Crippen molar-refractivity contribution in [2.45, 2.75) is 92.6 Å².